The van der Waals surface area contributed by atoms with Crippen LogP contribution in [0.5, 0.6) is 11.5 Å². The average Bonchev–Trinajstić information content (AvgIpc) is 3.33. The lowest BCUT2D eigenvalue weighted by molar-refractivity contribution is -0.115. The first-order valence-corrected chi connectivity index (χ1v) is 9.43. The van der Waals surface area contributed by atoms with Gasteiger partial charge in [-0.15, -0.1) is 21.5 Å². The van der Waals surface area contributed by atoms with Crippen LogP contribution in [-0.4, -0.2) is 35.6 Å². The molecule has 0 aliphatic heterocycles. The smallest absolute Gasteiger partial charge is 0.277 e. The van der Waals surface area contributed by atoms with Gasteiger partial charge in [0.15, 0.2) is 11.5 Å². The number of carbonyl (C=O) groups is 1. The minimum absolute atomic E-state index is 0.182. The molecule has 0 bridgehead atoms. The van der Waals surface area contributed by atoms with Crippen LogP contribution in [0.1, 0.15) is 6.92 Å². The van der Waals surface area contributed by atoms with Crippen molar-refractivity contribution in [1.29, 1.82) is 0 Å². The highest BCUT2D eigenvalue weighted by molar-refractivity contribution is 8.00. The molecular formula is C17H17N3O4S2. The van der Waals surface area contributed by atoms with Gasteiger partial charge in [0, 0.05) is 11.8 Å². The lowest BCUT2D eigenvalue weighted by Gasteiger charge is -2.12. The molecule has 3 rings (SSSR count). The van der Waals surface area contributed by atoms with Crippen molar-refractivity contribution in [2.24, 2.45) is 0 Å². The second-order valence-electron chi connectivity index (χ2n) is 5.17. The Morgan fingerprint density at radius 2 is 2.04 bits per heavy atom. The van der Waals surface area contributed by atoms with Crippen LogP contribution in [0.15, 0.2) is 45.4 Å². The maximum atomic E-state index is 12.4. The van der Waals surface area contributed by atoms with Crippen molar-refractivity contribution in [3.05, 3.63) is 35.7 Å². The number of rotatable bonds is 7. The molecule has 0 saturated heterocycles. The standard InChI is InChI=1S/C17H17N3O4S2/c1-10(26-17-20-19-16(24-17)14-5-4-8-25-14)15(21)18-11-6-7-12(22-2)13(9-11)23-3/h4-10H,1-3H3,(H,18,21)/t10-/m0/s1. The zero-order valence-electron chi connectivity index (χ0n) is 14.4. The Morgan fingerprint density at radius 3 is 2.73 bits per heavy atom. The number of thiophene rings is 1. The van der Waals surface area contributed by atoms with E-state index in [-0.39, 0.29) is 5.91 Å². The van der Waals surface area contributed by atoms with Gasteiger partial charge < -0.3 is 19.2 Å². The van der Waals surface area contributed by atoms with Gasteiger partial charge >= 0.3 is 0 Å². The molecule has 0 aliphatic rings. The number of benzene rings is 1. The summed E-state index contributed by atoms with van der Waals surface area (Å²) in [4.78, 5) is 13.3. The molecule has 2 heterocycles. The third-order valence-corrected chi connectivity index (χ3v) is 5.23. The summed E-state index contributed by atoms with van der Waals surface area (Å²) in [7, 11) is 3.10. The number of aromatic nitrogens is 2. The second kappa shape index (κ2) is 8.24. The van der Waals surface area contributed by atoms with Gasteiger partial charge in [-0.05, 0) is 30.5 Å². The van der Waals surface area contributed by atoms with Crippen LogP contribution in [0.3, 0.4) is 0 Å². The summed E-state index contributed by atoms with van der Waals surface area (Å²) < 4.78 is 16.0. The fraction of sp³-hybridized carbons (Fsp3) is 0.235. The summed E-state index contributed by atoms with van der Waals surface area (Å²) in [6.07, 6.45) is 0. The predicted molar refractivity (Wildman–Crippen MR) is 101 cm³/mol. The number of thioether (sulfide) groups is 1. The third-order valence-electron chi connectivity index (χ3n) is 3.44. The molecular weight excluding hydrogens is 374 g/mol. The molecule has 3 aromatic rings. The van der Waals surface area contributed by atoms with Gasteiger partial charge in [0.25, 0.3) is 11.1 Å². The van der Waals surface area contributed by atoms with E-state index < -0.39 is 5.25 Å². The summed E-state index contributed by atoms with van der Waals surface area (Å²) in [5.74, 6) is 1.41. The van der Waals surface area contributed by atoms with Crippen LogP contribution < -0.4 is 14.8 Å². The molecule has 0 aliphatic carbocycles. The zero-order chi connectivity index (χ0) is 18.5. The number of anilines is 1. The molecule has 0 saturated carbocycles. The number of amides is 1. The minimum Gasteiger partial charge on any atom is -0.493 e. The Labute approximate surface area is 158 Å². The monoisotopic (exact) mass is 391 g/mol. The maximum absolute atomic E-state index is 12.4. The van der Waals surface area contributed by atoms with Gasteiger partial charge in [-0.3, -0.25) is 4.79 Å². The molecule has 1 amide bonds. The Bertz CT molecular complexity index is 880. The summed E-state index contributed by atoms with van der Waals surface area (Å²) in [5.41, 5.74) is 0.616. The Hall–Kier alpha value is -2.52. The van der Waals surface area contributed by atoms with E-state index in [2.05, 4.69) is 15.5 Å². The van der Waals surface area contributed by atoms with Crippen molar-refractivity contribution in [1.82, 2.24) is 10.2 Å². The zero-order valence-corrected chi connectivity index (χ0v) is 16.0. The van der Waals surface area contributed by atoms with Crippen LogP contribution in [-0.2, 0) is 4.79 Å². The fourth-order valence-electron chi connectivity index (χ4n) is 2.12. The molecule has 26 heavy (non-hydrogen) atoms. The molecule has 2 aromatic heterocycles. The van der Waals surface area contributed by atoms with E-state index in [0.29, 0.717) is 28.3 Å². The molecule has 7 nitrogen and oxygen atoms in total. The van der Waals surface area contributed by atoms with E-state index in [1.807, 2.05) is 17.5 Å². The SMILES string of the molecule is COc1ccc(NC(=O)[C@H](C)Sc2nnc(-c3cccs3)o2)cc1OC. The highest BCUT2D eigenvalue weighted by Gasteiger charge is 2.19. The maximum Gasteiger partial charge on any atom is 0.277 e. The van der Waals surface area contributed by atoms with Crippen LogP contribution in [0.4, 0.5) is 5.69 Å². The first-order valence-electron chi connectivity index (χ1n) is 7.67. The molecule has 1 atom stereocenters. The number of ether oxygens (including phenoxy) is 2. The van der Waals surface area contributed by atoms with Gasteiger partial charge in [0.2, 0.25) is 5.91 Å². The van der Waals surface area contributed by atoms with Gasteiger partial charge in [0.05, 0.1) is 24.3 Å². The van der Waals surface area contributed by atoms with E-state index in [0.717, 1.165) is 4.88 Å². The van der Waals surface area contributed by atoms with E-state index in [4.69, 9.17) is 13.9 Å². The first-order chi connectivity index (χ1) is 12.6. The lowest BCUT2D eigenvalue weighted by Crippen LogP contribution is -2.22. The molecule has 1 N–H and O–H groups in total. The van der Waals surface area contributed by atoms with Crippen molar-refractivity contribution in [3.63, 3.8) is 0 Å². The van der Waals surface area contributed by atoms with E-state index >= 15 is 0 Å². The summed E-state index contributed by atoms with van der Waals surface area (Å²) in [5, 5.41) is 12.7. The van der Waals surface area contributed by atoms with Crippen molar-refractivity contribution >= 4 is 34.7 Å². The number of nitrogens with zero attached hydrogens (tertiary/aromatic N) is 2. The number of hydrogen-bond acceptors (Lipinski definition) is 8. The van der Waals surface area contributed by atoms with Gasteiger partial charge in [-0.25, -0.2) is 0 Å². The Kier molecular flexibility index (Phi) is 5.79. The molecule has 0 fully saturated rings. The first kappa shape index (κ1) is 18.3. The topological polar surface area (TPSA) is 86.5 Å². The van der Waals surface area contributed by atoms with E-state index in [1.165, 1.54) is 23.1 Å². The minimum atomic E-state index is -0.417. The highest BCUT2D eigenvalue weighted by atomic mass is 32.2. The molecule has 136 valence electrons. The van der Waals surface area contributed by atoms with Crippen LogP contribution >= 0.6 is 23.1 Å². The van der Waals surface area contributed by atoms with Crippen LogP contribution in [0.25, 0.3) is 10.8 Å². The summed E-state index contributed by atoms with van der Waals surface area (Å²) >= 11 is 2.72. The number of hydrogen-bond donors (Lipinski definition) is 1. The van der Waals surface area contributed by atoms with Gasteiger partial charge in [-0.2, -0.15) is 0 Å². The quantitative estimate of drug-likeness (QED) is 0.611. The lowest BCUT2D eigenvalue weighted by atomic mass is 10.2. The molecule has 0 radical (unpaired) electrons. The van der Waals surface area contributed by atoms with E-state index in [1.54, 1.807) is 39.3 Å². The third kappa shape index (κ3) is 4.17. The van der Waals surface area contributed by atoms with Crippen LogP contribution in [0.2, 0.25) is 0 Å². The number of methoxy groups -OCH3 is 2. The average molecular weight is 391 g/mol. The fourth-order valence-corrected chi connectivity index (χ4v) is 3.45. The summed E-state index contributed by atoms with van der Waals surface area (Å²) in [6.45, 7) is 1.77. The Balaban J connectivity index is 1.63. The molecule has 9 heteroatoms. The second-order valence-corrected chi connectivity index (χ2v) is 7.41. The predicted octanol–water partition coefficient (Wildman–Crippen LogP) is 3.93. The van der Waals surface area contributed by atoms with Gasteiger partial charge in [0.1, 0.15) is 0 Å². The Morgan fingerprint density at radius 1 is 1.23 bits per heavy atom. The van der Waals surface area contributed by atoms with Gasteiger partial charge in [-0.1, -0.05) is 17.8 Å². The molecule has 0 unspecified atom stereocenters. The van der Waals surface area contributed by atoms with Crippen LogP contribution in [0, 0.1) is 0 Å². The normalized spacial score (nSPS) is 11.8. The van der Waals surface area contributed by atoms with Crippen molar-refractivity contribution in [2.75, 3.05) is 19.5 Å². The van der Waals surface area contributed by atoms with Crippen molar-refractivity contribution in [2.45, 2.75) is 17.4 Å². The summed E-state index contributed by atoms with van der Waals surface area (Å²) in [6, 6.07) is 9.00. The van der Waals surface area contributed by atoms with Crippen molar-refractivity contribution < 1.29 is 18.7 Å². The largest absolute Gasteiger partial charge is 0.493 e. The number of nitrogens with one attached hydrogen (secondary N) is 1. The number of carbonyl (C=O) groups excluding carboxylic acids is 1. The molecule has 0 spiro atoms. The van der Waals surface area contributed by atoms with E-state index in [9.17, 15) is 4.79 Å². The highest BCUT2D eigenvalue weighted by Crippen LogP contribution is 2.31. The van der Waals surface area contributed by atoms with Crippen molar-refractivity contribution in [3.8, 4) is 22.3 Å². The molecule has 1 aromatic carbocycles.